The molecular formula is C15H16FN3O3S. The fourth-order valence-corrected chi connectivity index (χ4v) is 3.57. The summed E-state index contributed by atoms with van der Waals surface area (Å²) in [6, 6.07) is 1.11. The second-order valence-corrected chi connectivity index (χ2v) is 6.45. The highest BCUT2D eigenvalue weighted by molar-refractivity contribution is 7.99. The lowest BCUT2D eigenvalue weighted by Gasteiger charge is -2.28. The SMILES string of the molecule is CCn1cc(C(=O)O)c(=O)c2cc(F)c(N3CCSCC3)nc21. The van der Waals surface area contributed by atoms with Crippen molar-refractivity contribution in [1.82, 2.24) is 9.55 Å². The number of hydrogen-bond donors (Lipinski definition) is 1. The smallest absolute Gasteiger partial charge is 0.341 e. The Morgan fingerprint density at radius 3 is 2.74 bits per heavy atom. The quantitative estimate of drug-likeness (QED) is 0.921. The maximum atomic E-state index is 14.4. The number of aromatic nitrogens is 2. The maximum absolute atomic E-state index is 14.4. The third kappa shape index (κ3) is 2.78. The van der Waals surface area contributed by atoms with Crippen molar-refractivity contribution < 1.29 is 14.3 Å². The number of carbonyl (C=O) groups is 1. The topological polar surface area (TPSA) is 75.4 Å². The normalized spacial score (nSPS) is 15.1. The summed E-state index contributed by atoms with van der Waals surface area (Å²) < 4.78 is 16.0. The highest BCUT2D eigenvalue weighted by Crippen LogP contribution is 2.24. The summed E-state index contributed by atoms with van der Waals surface area (Å²) in [5.74, 6) is 0.112. The van der Waals surface area contributed by atoms with E-state index in [4.69, 9.17) is 5.11 Å². The molecule has 0 radical (unpaired) electrons. The first-order valence-electron chi connectivity index (χ1n) is 7.32. The number of halogens is 1. The fraction of sp³-hybridized carbons (Fsp3) is 0.400. The molecule has 1 aliphatic rings. The number of anilines is 1. The molecule has 0 bridgehead atoms. The molecule has 2 aromatic rings. The second kappa shape index (κ2) is 6.19. The van der Waals surface area contributed by atoms with Crippen LogP contribution in [0.5, 0.6) is 0 Å². The molecule has 0 aliphatic carbocycles. The van der Waals surface area contributed by atoms with Crippen LogP contribution < -0.4 is 10.3 Å². The predicted octanol–water partition coefficient (Wildman–Crippen LogP) is 1.81. The Balaban J connectivity index is 2.24. The van der Waals surface area contributed by atoms with Gasteiger partial charge in [0.25, 0.3) is 0 Å². The lowest BCUT2D eigenvalue weighted by molar-refractivity contribution is 0.0695. The molecular weight excluding hydrogens is 321 g/mol. The van der Waals surface area contributed by atoms with Gasteiger partial charge in [-0.25, -0.2) is 14.2 Å². The van der Waals surface area contributed by atoms with Gasteiger partial charge in [0, 0.05) is 37.3 Å². The Kier molecular flexibility index (Phi) is 4.25. The minimum Gasteiger partial charge on any atom is -0.477 e. The van der Waals surface area contributed by atoms with Gasteiger partial charge in [-0.3, -0.25) is 4.79 Å². The third-order valence-electron chi connectivity index (χ3n) is 3.87. The van der Waals surface area contributed by atoms with E-state index in [1.54, 1.807) is 16.3 Å². The summed E-state index contributed by atoms with van der Waals surface area (Å²) in [6.07, 6.45) is 1.27. The van der Waals surface area contributed by atoms with Crippen LogP contribution >= 0.6 is 11.8 Å². The van der Waals surface area contributed by atoms with Crippen molar-refractivity contribution in [2.24, 2.45) is 0 Å². The van der Waals surface area contributed by atoms with E-state index in [0.717, 1.165) is 17.6 Å². The van der Waals surface area contributed by atoms with Crippen molar-refractivity contribution in [2.45, 2.75) is 13.5 Å². The number of rotatable bonds is 3. The Hall–Kier alpha value is -2.09. The molecule has 122 valence electrons. The fourth-order valence-electron chi connectivity index (χ4n) is 2.67. The first-order valence-corrected chi connectivity index (χ1v) is 8.48. The number of aromatic carboxylic acids is 1. The van der Waals surface area contributed by atoms with Crippen molar-refractivity contribution >= 4 is 34.6 Å². The van der Waals surface area contributed by atoms with E-state index < -0.39 is 17.2 Å². The Morgan fingerprint density at radius 2 is 2.13 bits per heavy atom. The molecule has 0 unspecified atom stereocenters. The predicted molar refractivity (Wildman–Crippen MR) is 88.1 cm³/mol. The van der Waals surface area contributed by atoms with Crippen LogP contribution in [0.4, 0.5) is 10.2 Å². The van der Waals surface area contributed by atoms with Crippen molar-refractivity contribution in [3.8, 4) is 0 Å². The van der Waals surface area contributed by atoms with Crippen molar-refractivity contribution in [3.63, 3.8) is 0 Å². The van der Waals surface area contributed by atoms with Crippen LogP contribution in [0.1, 0.15) is 17.3 Å². The number of thioether (sulfide) groups is 1. The van der Waals surface area contributed by atoms with Gasteiger partial charge in [0.15, 0.2) is 11.6 Å². The summed E-state index contributed by atoms with van der Waals surface area (Å²) in [4.78, 5) is 29.7. The third-order valence-corrected chi connectivity index (χ3v) is 4.81. The summed E-state index contributed by atoms with van der Waals surface area (Å²) in [5, 5.41) is 9.13. The van der Waals surface area contributed by atoms with Crippen molar-refractivity contribution in [1.29, 1.82) is 0 Å². The van der Waals surface area contributed by atoms with E-state index in [2.05, 4.69) is 4.98 Å². The molecule has 1 aliphatic heterocycles. The van der Waals surface area contributed by atoms with E-state index in [1.165, 1.54) is 6.20 Å². The molecule has 8 heteroatoms. The standard InChI is InChI=1S/C15H16FN3O3S/c1-2-18-8-10(15(21)22)12(20)9-7-11(16)14(17-13(9)18)19-3-5-23-6-4-19/h7-8H,2-6H2,1H3,(H,21,22). The highest BCUT2D eigenvalue weighted by Gasteiger charge is 2.21. The van der Waals surface area contributed by atoms with Crippen molar-refractivity contribution in [3.05, 3.63) is 33.9 Å². The second-order valence-electron chi connectivity index (χ2n) is 5.23. The van der Waals surface area contributed by atoms with Gasteiger partial charge in [-0.2, -0.15) is 11.8 Å². The minimum absolute atomic E-state index is 0.000570. The van der Waals surface area contributed by atoms with Crippen LogP contribution in [-0.4, -0.2) is 45.2 Å². The van der Waals surface area contributed by atoms with E-state index in [9.17, 15) is 14.0 Å². The number of aryl methyl sites for hydroxylation is 1. The van der Waals surface area contributed by atoms with Gasteiger partial charge in [-0.1, -0.05) is 0 Å². The Bertz CT molecular complexity index is 831. The number of carboxylic acids is 1. The molecule has 0 saturated carbocycles. The molecule has 6 nitrogen and oxygen atoms in total. The van der Waals surface area contributed by atoms with E-state index in [1.807, 2.05) is 11.8 Å². The summed E-state index contributed by atoms with van der Waals surface area (Å²) >= 11 is 1.81. The van der Waals surface area contributed by atoms with E-state index >= 15 is 0 Å². The summed E-state index contributed by atoms with van der Waals surface area (Å²) in [6.45, 7) is 3.65. The van der Waals surface area contributed by atoms with Gasteiger partial charge >= 0.3 is 5.97 Å². The molecule has 0 spiro atoms. The number of carboxylic acid groups (broad SMARTS) is 1. The number of fused-ring (bicyclic) bond motifs is 1. The lowest BCUT2D eigenvalue weighted by Crippen LogP contribution is -2.34. The van der Waals surface area contributed by atoms with Crippen molar-refractivity contribution in [2.75, 3.05) is 29.5 Å². The molecule has 1 N–H and O–H groups in total. The zero-order chi connectivity index (χ0) is 16.6. The van der Waals surface area contributed by atoms with Crippen LogP contribution in [0.3, 0.4) is 0 Å². The van der Waals surface area contributed by atoms with Gasteiger partial charge in [0.05, 0.1) is 5.39 Å². The average Bonchev–Trinajstić information content (AvgIpc) is 2.55. The van der Waals surface area contributed by atoms with Crippen LogP contribution in [0.15, 0.2) is 17.1 Å². The zero-order valence-electron chi connectivity index (χ0n) is 12.6. The van der Waals surface area contributed by atoms with Crippen LogP contribution in [0.25, 0.3) is 11.0 Å². The molecule has 3 heterocycles. The van der Waals surface area contributed by atoms with Gasteiger partial charge in [0.2, 0.25) is 5.43 Å². The number of hydrogen-bond acceptors (Lipinski definition) is 5. The molecule has 0 amide bonds. The molecule has 0 atom stereocenters. The largest absolute Gasteiger partial charge is 0.477 e. The van der Waals surface area contributed by atoms with Crippen LogP contribution in [0, 0.1) is 5.82 Å². The molecule has 23 heavy (non-hydrogen) atoms. The summed E-state index contributed by atoms with van der Waals surface area (Å²) in [5.41, 5.74) is -0.760. The minimum atomic E-state index is -1.32. The molecule has 2 aromatic heterocycles. The van der Waals surface area contributed by atoms with Crippen LogP contribution in [-0.2, 0) is 6.54 Å². The molecule has 3 rings (SSSR count). The number of nitrogens with zero attached hydrogens (tertiary/aromatic N) is 3. The Morgan fingerprint density at radius 1 is 1.43 bits per heavy atom. The number of pyridine rings is 2. The highest BCUT2D eigenvalue weighted by atomic mass is 32.2. The lowest BCUT2D eigenvalue weighted by atomic mass is 10.2. The first-order chi connectivity index (χ1) is 11.0. The van der Waals surface area contributed by atoms with Gasteiger partial charge in [-0.05, 0) is 13.0 Å². The van der Waals surface area contributed by atoms with Gasteiger partial charge in [0.1, 0.15) is 11.2 Å². The molecule has 1 saturated heterocycles. The monoisotopic (exact) mass is 337 g/mol. The van der Waals surface area contributed by atoms with E-state index in [0.29, 0.717) is 25.3 Å². The van der Waals surface area contributed by atoms with E-state index in [-0.39, 0.29) is 16.8 Å². The molecule has 1 fully saturated rings. The average molecular weight is 337 g/mol. The Labute approximate surface area is 135 Å². The zero-order valence-corrected chi connectivity index (χ0v) is 13.4. The first kappa shape index (κ1) is 15.8. The molecule has 0 aromatic carbocycles. The van der Waals surface area contributed by atoms with Crippen LogP contribution in [0.2, 0.25) is 0 Å². The maximum Gasteiger partial charge on any atom is 0.341 e. The summed E-state index contributed by atoms with van der Waals surface area (Å²) in [7, 11) is 0. The van der Waals surface area contributed by atoms with Gasteiger partial charge < -0.3 is 14.6 Å². The van der Waals surface area contributed by atoms with Gasteiger partial charge in [-0.15, -0.1) is 0 Å².